The van der Waals surface area contributed by atoms with Crippen molar-refractivity contribution in [2.24, 2.45) is 5.73 Å². The van der Waals surface area contributed by atoms with E-state index >= 15 is 0 Å². The van der Waals surface area contributed by atoms with Crippen molar-refractivity contribution in [3.8, 4) is 0 Å². The van der Waals surface area contributed by atoms with Gasteiger partial charge >= 0.3 is 0 Å². The zero-order valence-corrected chi connectivity index (χ0v) is 11.7. The van der Waals surface area contributed by atoms with Crippen molar-refractivity contribution in [2.75, 3.05) is 6.54 Å². The predicted molar refractivity (Wildman–Crippen MR) is 82.4 cm³/mol. The van der Waals surface area contributed by atoms with E-state index in [0.717, 1.165) is 16.5 Å². The Balaban J connectivity index is 1.97. The van der Waals surface area contributed by atoms with Gasteiger partial charge in [0, 0.05) is 22.7 Å². The minimum Gasteiger partial charge on any atom is -0.330 e. The number of hydrogen-bond donors (Lipinski definition) is 2. The lowest BCUT2D eigenvalue weighted by Crippen LogP contribution is -2.09. The largest absolute Gasteiger partial charge is 0.330 e. The summed E-state index contributed by atoms with van der Waals surface area (Å²) in [5.74, 6) is -0.286. The van der Waals surface area contributed by atoms with Crippen LogP contribution in [0.1, 0.15) is 10.8 Å². The van der Waals surface area contributed by atoms with Crippen LogP contribution in [0.4, 0.5) is 4.39 Å². The Kier molecular flexibility index (Phi) is 3.76. The van der Waals surface area contributed by atoms with Gasteiger partial charge in [0.15, 0.2) is 0 Å². The maximum absolute atomic E-state index is 14.1. The number of hydrogen-bond acceptors (Lipinski definition) is 2. The molecule has 0 aliphatic rings. The summed E-state index contributed by atoms with van der Waals surface area (Å²) in [7, 11) is 0. The molecule has 0 saturated carbocycles. The number of benzene rings is 2. The van der Waals surface area contributed by atoms with Crippen LogP contribution in [-0.4, -0.2) is 11.5 Å². The van der Waals surface area contributed by atoms with Gasteiger partial charge in [-0.1, -0.05) is 48.5 Å². The maximum atomic E-state index is 14.1. The first-order valence-electron chi connectivity index (χ1n) is 6.47. The number of rotatable bonds is 4. The quantitative estimate of drug-likeness (QED) is 0.709. The van der Waals surface area contributed by atoms with Crippen LogP contribution in [0.2, 0.25) is 0 Å². The van der Waals surface area contributed by atoms with E-state index in [1.54, 1.807) is 0 Å². The third-order valence-corrected chi connectivity index (χ3v) is 4.64. The van der Waals surface area contributed by atoms with E-state index in [0.29, 0.717) is 11.4 Å². The topological polar surface area (TPSA) is 41.8 Å². The molecule has 3 rings (SSSR count). The van der Waals surface area contributed by atoms with Crippen LogP contribution in [0.3, 0.4) is 0 Å². The Morgan fingerprint density at radius 2 is 1.75 bits per heavy atom. The van der Waals surface area contributed by atoms with Gasteiger partial charge in [0.2, 0.25) is 5.95 Å². The third-order valence-electron chi connectivity index (χ3n) is 3.26. The highest BCUT2D eigenvalue weighted by Gasteiger charge is 2.18. The van der Waals surface area contributed by atoms with Crippen molar-refractivity contribution in [3.05, 3.63) is 66.1 Å². The first-order chi connectivity index (χ1) is 9.79. The molecule has 3 N–H and O–H groups in total. The van der Waals surface area contributed by atoms with E-state index in [1.165, 1.54) is 11.8 Å². The Morgan fingerprint density at radius 1 is 1.05 bits per heavy atom. The van der Waals surface area contributed by atoms with Crippen molar-refractivity contribution in [1.29, 1.82) is 0 Å². The van der Waals surface area contributed by atoms with Gasteiger partial charge in [-0.25, -0.2) is 0 Å². The molecular formula is C16H15FN2S. The zero-order valence-electron chi connectivity index (χ0n) is 10.8. The van der Waals surface area contributed by atoms with E-state index in [1.807, 2.05) is 54.6 Å². The fourth-order valence-corrected chi connectivity index (χ4v) is 3.39. The standard InChI is InChI=1S/C16H15FN2S/c17-16-15(12-8-4-5-9-13(12)19-16)20-14(10-18)11-6-2-1-3-7-11/h1-9,14,19H,10,18H2. The zero-order chi connectivity index (χ0) is 13.9. The summed E-state index contributed by atoms with van der Waals surface area (Å²) in [5.41, 5.74) is 7.79. The monoisotopic (exact) mass is 286 g/mol. The van der Waals surface area contributed by atoms with Crippen LogP contribution in [-0.2, 0) is 0 Å². The van der Waals surface area contributed by atoms with Gasteiger partial charge in [0.05, 0.1) is 4.90 Å². The van der Waals surface area contributed by atoms with Crippen LogP contribution in [0.5, 0.6) is 0 Å². The van der Waals surface area contributed by atoms with Gasteiger partial charge in [0.25, 0.3) is 0 Å². The summed E-state index contributed by atoms with van der Waals surface area (Å²) < 4.78 is 14.1. The number of aromatic amines is 1. The molecule has 2 aromatic carbocycles. The van der Waals surface area contributed by atoms with Gasteiger partial charge in [-0.3, -0.25) is 0 Å². The normalized spacial score (nSPS) is 12.7. The molecule has 0 aliphatic heterocycles. The number of fused-ring (bicyclic) bond motifs is 1. The SMILES string of the molecule is NCC(Sc1c(F)[nH]c2ccccc12)c1ccccc1. The van der Waals surface area contributed by atoms with Crippen molar-refractivity contribution in [2.45, 2.75) is 10.1 Å². The molecule has 0 bridgehead atoms. The van der Waals surface area contributed by atoms with Gasteiger partial charge in [-0.05, 0) is 11.6 Å². The lowest BCUT2D eigenvalue weighted by atomic mass is 10.1. The number of nitrogens with one attached hydrogen (secondary N) is 1. The number of aromatic nitrogens is 1. The highest BCUT2D eigenvalue weighted by Crippen LogP contribution is 2.39. The lowest BCUT2D eigenvalue weighted by molar-refractivity contribution is 0.571. The Morgan fingerprint density at radius 3 is 2.50 bits per heavy atom. The number of halogens is 1. The van der Waals surface area contributed by atoms with Crippen LogP contribution >= 0.6 is 11.8 Å². The van der Waals surface area contributed by atoms with E-state index in [2.05, 4.69) is 4.98 Å². The second-order valence-corrected chi connectivity index (χ2v) is 5.78. The molecule has 0 fully saturated rings. The maximum Gasteiger partial charge on any atom is 0.205 e. The summed E-state index contributed by atoms with van der Waals surface area (Å²) in [6.45, 7) is 0.466. The van der Waals surface area contributed by atoms with Crippen molar-refractivity contribution in [3.63, 3.8) is 0 Å². The van der Waals surface area contributed by atoms with Crippen molar-refractivity contribution >= 4 is 22.7 Å². The first kappa shape index (κ1) is 13.2. The van der Waals surface area contributed by atoms with Crippen LogP contribution in [0.15, 0.2) is 59.5 Å². The van der Waals surface area contributed by atoms with Gasteiger partial charge in [0.1, 0.15) is 0 Å². The Bertz CT molecular complexity index is 709. The van der Waals surface area contributed by atoms with Crippen LogP contribution in [0.25, 0.3) is 10.9 Å². The predicted octanol–water partition coefficient (Wildman–Crippen LogP) is 4.10. The van der Waals surface area contributed by atoms with Crippen molar-refractivity contribution in [1.82, 2.24) is 4.98 Å². The fourth-order valence-electron chi connectivity index (χ4n) is 2.26. The molecule has 1 heterocycles. The second-order valence-electron chi connectivity index (χ2n) is 4.57. The van der Waals surface area contributed by atoms with E-state index in [9.17, 15) is 4.39 Å². The molecule has 1 atom stereocenters. The fraction of sp³-hybridized carbons (Fsp3) is 0.125. The molecule has 0 aliphatic carbocycles. The van der Waals surface area contributed by atoms with Crippen molar-refractivity contribution < 1.29 is 4.39 Å². The third kappa shape index (κ3) is 2.44. The molecule has 0 saturated heterocycles. The van der Waals surface area contributed by atoms with E-state index in [-0.39, 0.29) is 11.2 Å². The summed E-state index contributed by atoms with van der Waals surface area (Å²) in [5, 5.41) is 0.953. The Labute approximate surface area is 121 Å². The van der Waals surface area contributed by atoms with Gasteiger partial charge in [-0.2, -0.15) is 4.39 Å². The minimum absolute atomic E-state index is 0.0462. The molecule has 0 spiro atoms. The van der Waals surface area contributed by atoms with E-state index < -0.39 is 0 Å². The number of thioether (sulfide) groups is 1. The highest BCUT2D eigenvalue weighted by atomic mass is 32.2. The first-order valence-corrected chi connectivity index (χ1v) is 7.35. The summed E-state index contributed by atoms with van der Waals surface area (Å²) >= 11 is 1.47. The molecule has 3 aromatic rings. The van der Waals surface area contributed by atoms with Crippen LogP contribution < -0.4 is 5.73 Å². The summed E-state index contributed by atoms with van der Waals surface area (Å²) in [4.78, 5) is 3.42. The van der Waals surface area contributed by atoms with E-state index in [4.69, 9.17) is 5.73 Å². The number of para-hydroxylation sites is 1. The molecule has 2 nitrogen and oxygen atoms in total. The summed E-state index contributed by atoms with van der Waals surface area (Å²) in [6, 6.07) is 17.6. The number of H-pyrrole nitrogens is 1. The molecule has 20 heavy (non-hydrogen) atoms. The van der Waals surface area contributed by atoms with Gasteiger partial charge < -0.3 is 10.7 Å². The average molecular weight is 286 g/mol. The molecule has 4 heteroatoms. The van der Waals surface area contributed by atoms with Gasteiger partial charge in [-0.15, -0.1) is 11.8 Å². The summed E-state index contributed by atoms with van der Waals surface area (Å²) in [6.07, 6.45) is 0. The van der Waals surface area contributed by atoms with Crippen LogP contribution in [0, 0.1) is 5.95 Å². The second kappa shape index (κ2) is 5.69. The smallest absolute Gasteiger partial charge is 0.205 e. The molecule has 1 aromatic heterocycles. The average Bonchev–Trinajstić information content (AvgIpc) is 2.81. The minimum atomic E-state index is -0.286. The molecule has 102 valence electrons. The molecule has 0 radical (unpaired) electrons. The molecular weight excluding hydrogens is 271 g/mol. The Hall–Kier alpha value is -1.78. The molecule has 0 amide bonds. The lowest BCUT2D eigenvalue weighted by Gasteiger charge is -2.14. The highest BCUT2D eigenvalue weighted by molar-refractivity contribution is 7.99. The molecule has 1 unspecified atom stereocenters. The number of nitrogens with two attached hydrogens (primary N) is 1.